The molecule has 0 spiro atoms. The van der Waals surface area contributed by atoms with Crippen LogP contribution in [0.2, 0.25) is 0 Å². The van der Waals surface area contributed by atoms with Crippen molar-refractivity contribution in [1.82, 2.24) is 0 Å². The van der Waals surface area contributed by atoms with Crippen molar-refractivity contribution in [3.63, 3.8) is 0 Å². The fraction of sp³-hybridized carbons (Fsp3) is 0.400. The summed E-state index contributed by atoms with van der Waals surface area (Å²) in [6.07, 6.45) is 1.51. The molecule has 0 aliphatic rings. The molecule has 1 unspecified atom stereocenters. The lowest BCUT2D eigenvalue weighted by Crippen LogP contribution is -2.14. The lowest BCUT2D eigenvalue weighted by atomic mass is 10.7. The van der Waals surface area contributed by atoms with Gasteiger partial charge in [-0.05, 0) is 0 Å². The molecule has 0 aliphatic heterocycles. The van der Waals surface area contributed by atoms with Gasteiger partial charge in [0.15, 0.2) is 0 Å². The number of carbonyl (C=O) groups is 1. The van der Waals surface area contributed by atoms with Crippen molar-refractivity contribution in [3.8, 4) is 0 Å². The largest absolute Gasteiger partial charge is 0.481 e. The molecule has 3 N–H and O–H groups in total. The minimum Gasteiger partial charge on any atom is -0.481 e. The fourth-order valence-corrected chi connectivity index (χ4v) is 0.707. The molecule has 52 valence electrons. The SMILES string of the molecule is C=CC(N)SCC(=O)O. The zero-order valence-corrected chi connectivity index (χ0v) is 5.73. The van der Waals surface area contributed by atoms with Crippen LogP contribution in [-0.2, 0) is 4.79 Å². The van der Waals surface area contributed by atoms with Crippen molar-refractivity contribution in [2.45, 2.75) is 5.37 Å². The van der Waals surface area contributed by atoms with E-state index in [0.29, 0.717) is 0 Å². The number of hydrogen-bond donors (Lipinski definition) is 2. The van der Waals surface area contributed by atoms with Crippen LogP contribution in [0.1, 0.15) is 0 Å². The molecule has 0 fully saturated rings. The zero-order chi connectivity index (χ0) is 7.28. The minimum atomic E-state index is -0.850. The third kappa shape index (κ3) is 5.39. The van der Waals surface area contributed by atoms with Crippen LogP contribution in [0.5, 0.6) is 0 Å². The number of nitrogens with two attached hydrogens (primary N) is 1. The Hall–Kier alpha value is -0.480. The molecule has 0 saturated carbocycles. The van der Waals surface area contributed by atoms with E-state index in [2.05, 4.69) is 6.58 Å². The first-order valence-electron chi connectivity index (χ1n) is 2.38. The smallest absolute Gasteiger partial charge is 0.313 e. The van der Waals surface area contributed by atoms with Gasteiger partial charge in [-0.15, -0.1) is 18.3 Å². The second kappa shape index (κ2) is 4.40. The molecule has 0 aromatic heterocycles. The van der Waals surface area contributed by atoms with Gasteiger partial charge in [-0.2, -0.15) is 0 Å². The van der Waals surface area contributed by atoms with Crippen molar-refractivity contribution in [2.24, 2.45) is 5.73 Å². The number of carboxylic acid groups (broad SMARTS) is 1. The van der Waals surface area contributed by atoms with E-state index in [4.69, 9.17) is 10.8 Å². The van der Waals surface area contributed by atoms with E-state index >= 15 is 0 Å². The Labute approximate surface area is 57.9 Å². The molecular weight excluding hydrogens is 138 g/mol. The average Bonchev–Trinajstić information content (AvgIpc) is 1.83. The molecule has 0 radical (unpaired) electrons. The third-order valence-electron chi connectivity index (χ3n) is 0.632. The molecular formula is C5H9NO2S. The van der Waals surface area contributed by atoms with E-state index in [1.165, 1.54) is 6.08 Å². The van der Waals surface area contributed by atoms with E-state index in [9.17, 15) is 4.79 Å². The van der Waals surface area contributed by atoms with Gasteiger partial charge in [-0.25, -0.2) is 0 Å². The summed E-state index contributed by atoms with van der Waals surface area (Å²) >= 11 is 1.14. The van der Waals surface area contributed by atoms with Crippen LogP contribution in [-0.4, -0.2) is 22.2 Å². The Morgan fingerprint density at radius 2 is 2.56 bits per heavy atom. The van der Waals surface area contributed by atoms with E-state index in [-0.39, 0.29) is 11.1 Å². The second-order valence-corrected chi connectivity index (χ2v) is 2.57. The van der Waals surface area contributed by atoms with E-state index in [1.54, 1.807) is 0 Å². The van der Waals surface area contributed by atoms with Gasteiger partial charge >= 0.3 is 5.97 Å². The molecule has 0 saturated heterocycles. The summed E-state index contributed by atoms with van der Waals surface area (Å²) in [7, 11) is 0. The summed E-state index contributed by atoms with van der Waals surface area (Å²) in [6, 6.07) is 0. The molecule has 0 aromatic rings. The highest BCUT2D eigenvalue weighted by molar-refractivity contribution is 8.00. The first-order chi connectivity index (χ1) is 4.16. The Bertz CT molecular complexity index is 116. The highest BCUT2D eigenvalue weighted by atomic mass is 32.2. The second-order valence-electron chi connectivity index (χ2n) is 1.41. The lowest BCUT2D eigenvalue weighted by Gasteiger charge is -2.00. The lowest BCUT2D eigenvalue weighted by molar-refractivity contribution is -0.133. The Morgan fingerprint density at radius 1 is 2.00 bits per heavy atom. The summed E-state index contributed by atoms with van der Waals surface area (Å²) in [6.45, 7) is 3.40. The molecule has 0 bridgehead atoms. The molecule has 0 heterocycles. The quantitative estimate of drug-likeness (QED) is 0.442. The topological polar surface area (TPSA) is 63.3 Å². The van der Waals surface area contributed by atoms with Crippen molar-refractivity contribution in [1.29, 1.82) is 0 Å². The van der Waals surface area contributed by atoms with Crippen LogP contribution >= 0.6 is 11.8 Å². The van der Waals surface area contributed by atoms with Crippen LogP contribution in [0.3, 0.4) is 0 Å². The van der Waals surface area contributed by atoms with E-state index in [1.807, 2.05) is 0 Å². The van der Waals surface area contributed by atoms with E-state index in [0.717, 1.165) is 11.8 Å². The van der Waals surface area contributed by atoms with Gasteiger partial charge in [-0.1, -0.05) is 6.08 Å². The van der Waals surface area contributed by atoms with Gasteiger partial charge in [0.2, 0.25) is 0 Å². The van der Waals surface area contributed by atoms with Crippen molar-refractivity contribution in [3.05, 3.63) is 12.7 Å². The highest BCUT2D eigenvalue weighted by Crippen LogP contribution is 2.04. The number of carboxylic acids is 1. The molecule has 9 heavy (non-hydrogen) atoms. The number of thioether (sulfide) groups is 1. The predicted molar refractivity (Wildman–Crippen MR) is 38.3 cm³/mol. The van der Waals surface area contributed by atoms with Gasteiger partial charge in [0.25, 0.3) is 0 Å². The molecule has 1 atom stereocenters. The van der Waals surface area contributed by atoms with Crippen molar-refractivity contribution < 1.29 is 9.90 Å². The molecule has 0 aliphatic carbocycles. The van der Waals surface area contributed by atoms with Crippen LogP contribution in [0.25, 0.3) is 0 Å². The van der Waals surface area contributed by atoms with Gasteiger partial charge in [-0.3, -0.25) is 4.79 Å². The predicted octanol–water partition coefficient (Wildman–Crippen LogP) is 0.275. The van der Waals surface area contributed by atoms with Gasteiger partial charge in [0.1, 0.15) is 0 Å². The molecule has 4 heteroatoms. The summed E-state index contributed by atoms with van der Waals surface area (Å²) in [5, 5.41) is 7.88. The minimum absolute atomic E-state index is 0.0349. The molecule has 3 nitrogen and oxygen atoms in total. The Balaban J connectivity index is 3.26. The van der Waals surface area contributed by atoms with E-state index < -0.39 is 5.97 Å². The van der Waals surface area contributed by atoms with Crippen LogP contribution in [0, 0.1) is 0 Å². The normalized spacial score (nSPS) is 12.6. The first kappa shape index (κ1) is 8.52. The maximum absolute atomic E-state index is 9.91. The maximum Gasteiger partial charge on any atom is 0.313 e. The zero-order valence-electron chi connectivity index (χ0n) is 4.91. The third-order valence-corrected chi connectivity index (χ3v) is 1.62. The van der Waals surface area contributed by atoms with Crippen LogP contribution < -0.4 is 5.73 Å². The summed E-state index contributed by atoms with van der Waals surface area (Å²) in [4.78, 5) is 9.91. The van der Waals surface area contributed by atoms with Gasteiger partial charge in [0.05, 0.1) is 11.1 Å². The Morgan fingerprint density at radius 3 is 2.89 bits per heavy atom. The monoisotopic (exact) mass is 147 g/mol. The molecule has 0 aromatic carbocycles. The number of hydrogen-bond acceptors (Lipinski definition) is 3. The number of aliphatic carboxylic acids is 1. The molecule has 0 amide bonds. The first-order valence-corrected chi connectivity index (χ1v) is 3.43. The van der Waals surface area contributed by atoms with Crippen LogP contribution in [0.15, 0.2) is 12.7 Å². The summed E-state index contributed by atoms with van der Waals surface area (Å²) in [5.41, 5.74) is 5.30. The maximum atomic E-state index is 9.91. The Kier molecular flexibility index (Phi) is 4.17. The van der Waals surface area contributed by atoms with Gasteiger partial charge < -0.3 is 10.8 Å². The van der Waals surface area contributed by atoms with Gasteiger partial charge in [0, 0.05) is 0 Å². The van der Waals surface area contributed by atoms with Crippen molar-refractivity contribution >= 4 is 17.7 Å². The summed E-state index contributed by atoms with van der Waals surface area (Å²) < 4.78 is 0. The standard InChI is InChI=1S/C5H9NO2S/c1-2-4(6)9-3-5(7)8/h2,4H,1,3,6H2,(H,7,8). The molecule has 0 rings (SSSR count). The summed E-state index contributed by atoms with van der Waals surface area (Å²) in [5.74, 6) is -0.815. The number of rotatable bonds is 4. The fourth-order valence-electron chi connectivity index (χ4n) is 0.236. The van der Waals surface area contributed by atoms with Crippen molar-refractivity contribution in [2.75, 3.05) is 5.75 Å². The highest BCUT2D eigenvalue weighted by Gasteiger charge is 2.00. The average molecular weight is 147 g/mol. The van der Waals surface area contributed by atoms with Crippen LogP contribution in [0.4, 0.5) is 0 Å².